The zero-order chi connectivity index (χ0) is 16.4. The lowest BCUT2D eigenvalue weighted by molar-refractivity contribution is -0.140. The van der Waals surface area contributed by atoms with Gasteiger partial charge in [-0.05, 0) is 37.0 Å². The highest BCUT2D eigenvalue weighted by molar-refractivity contribution is 6.30. The molecule has 1 saturated heterocycles. The number of carbonyl (C=O) groups is 2. The van der Waals surface area contributed by atoms with Crippen LogP contribution < -0.4 is 5.32 Å². The molecule has 6 heteroatoms. The van der Waals surface area contributed by atoms with Crippen LogP contribution in [0.2, 0.25) is 5.02 Å². The summed E-state index contributed by atoms with van der Waals surface area (Å²) < 4.78 is 5.47. The van der Waals surface area contributed by atoms with Gasteiger partial charge < -0.3 is 15.2 Å². The number of benzene rings is 1. The minimum atomic E-state index is -0.888. The number of hydrogen-bond donors (Lipinski definition) is 2. The van der Waals surface area contributed by atoms with Gasteiger partial charge >= 0.3 is 5.97 Å². The number of hydrogen-bond acceptors (Lipinski definition) is 3. The summed E-state index contributed by atoms with van der Waals surface area (Å²) in [5.41, 5.74) is 0.895. The fraction of sp³-hybridized carbons (Fsp3) is 0.529. The predicted molar refractivity (Wildman–Crippen MR) is 85.4 cm³/mol. The Kier molecular flexibility index (Phi) is 4.60. The van der Waals surface area contributed by atoms with E-state index in [0.29, 0.717) is 31.2 Å². The van der Waals surface area contributed by atoms with Gasteiger partial charge in [0.2, 0.25) is 5.91 Å². The van der Waals surface area contributed by atoms with Crippen molar-refractivity contribution in [3.05, 3.63) is 34.9 Å². The van der Waals surface area contributed by atoms with Gasteiger partial charge in [-0.2, -0.15) is 0 Å². The smallest absolute Gasteiger partial charge is 0.307 e. The molecule has 2 fully saturated rings. The number of ether oxygens (including phenoxy) is 1. The quantitative estimate of drug-likeness (QED) is 0.864. The van der Waals surface area contributed by atoms with E-state index in [1.165, 1.54) is 0 Å². The van der Waals surface area contributed by atoms with Crippen molar-refractivity contribution in [2.45, 2.75) is 24.7 Å². The summed E-state index contributed by atoms with van der Waals surface area (Å²) in [5.74, 6) is -1.96. The number of amides is 1. The van der Waals surface area contributed by atoms with E-state index in [9.17, 15) is 9.59 Å². The normalized spacial score (nSPS) is 25.6. The van der Waals surface area contributed by atoms with Crippen LogP contribution in [0, 0.1) is 11.8 Å². The van der Waals surface area contributed by atoms with Gasteiger partial charge in [-0.15, -0.1) is 0 Å². The number of carbonyl (C=O) groups excluding carboxylic acids is 1. The fourth-order valence-electron chi connectivity index (χ4n) is 3.29. The van der Waals surface area contributed by atoms with E-state index in [4.69, 9.17) is 21.4 Å². The summed E-state index contributed by atoms with van der Waals surface area (Å²) in [6.45, 7) is 1.77. The molecule has 5 nitrogen and oxygen atoms in total. The summed E-state index contributed by atoms with van der Waals surface area (Å²) in [4.78, 5) is 23.1. The summed E-state index contributed by atoms with van der Waals surface area (Å²) in [6.07, 6.45) is 2.05. The molecular formula is C17H20ClNO4. The minimum absolute atomic E-state index is 0.162. The molecule has 0 radical (unpaired) electrons. The van der Waals surface area contributed by atoms with E-state index in [2.05, 4.69) is 5.32 Å². The Morgan fingerprint density at radius 2 is 2.04 bits per heavy atom. The third-order valence-electron chi connectivity index (χ3n) is 4.93. The predicted octanol–water partition coefficient (Wildman–Crippen LogP) is 2.23. The Hall–Kier alpha value is -1.59. The maximum absolute atomic E-state index is 12.2. The van der Waals surface area contributed by atoms with Crippen molar-refractivity contribution in [2.75, 3.05) is 19.8 Å². The van der Waals surface area contributed by atoms with Gasteiger partial charge in [0.1, 0.15) is 0 Å². The van der Waals surface area contributed by atoms with Crippen LogP contribution in [-0.2, 0) is 19.7 Å². The van der Waals surface area contributed by atoms with Crippen molar-refractivity contribution in [3.63, 3.8) is 0 Å². The van der Waals surface area contributed by atoms with Crippen molar-refractivity contribution in [1.29, 1.82) is 0 Å². The number of rotatable bonds is 5. The second-order valence-electron chi connectivity index (χ2n) is 6.41. The van der Waals surface area contributed by atoms with Crippen molar-refractivity contribution >= 4 is 23.5 Å². The summed E-state index contributed by atoms with van der Waals surface area (Å²) in [7, 11) is 0. The Morgan fingerprint density at radius 3 is 2.65 bits per heavy atom. The Labute approximate surface area is 140 Å². The minimum Gasteiger partial charge on any atom is -0.481 e. The first-order chi connectivity index (χ1) is 11.0. The average molecular weight is 338 g/mol. The standard InChI is InChI=1S/C17H20ClNO4/c18-12-3-1-2-11(8-12)17(4-6-23-7-5-17)10-19-15(20)13-9-14(13)16(21)22/h1-3,8,13-14H,4-7,9-10H2,(H,19,20)(H,21,22)/t13-,14-/m0/s1. The van der Waals surface area contributed by atoms with Crippen LogP contribution >= 0.6 is 11.6 Å². The molecule has 1 aliphatic heterocycles. The van der Waals surface area contributed by atoms with Crippen molar-refractivity contribution in [1.82, 2.24) is 5.32 Å². The molecule has 0 aromatic heterocycles. The number of aliphatic carboxylic acids is 1. The molecule has 2 aliphatic rings. The van der Waals surface area contributed by atoms with E-state index >= 15 is 0 Å². The topological polar surface area (TPSA) is 75.6 Å². The molecule has 2 atom stereocenters. The van der Waals surface area contributed by atoms with Gasteiger partial charge in [0.15, 0.2) is 0 Å². The molecule has 0 spiro atoms. The highest BCUT2D eigenvalue weighted by Gasteiger charge is 2.48. The molecule has 0 bridgehead atoms. The number of carboxylic acids is 1. The lowest BCUT2D eigenvalue weighted by atomic mass is 9.74. The zero-order valence-electron chi connectivity index (χ0n) is 12.8. The van der Waals surface area contributed by atoms with Crippen LogP contribution in [0.5, 0.6) is 0 Å². The SMILES string of the molecule is O=C(O)[C@H]1C[C@@H]1C(=O)NCC1(c2cccc(Cl)c2)CCOCC1. The molecule has 1 heterocycles. The van der Waals surface area contributed by atoms with Crippen LogP contribution in [-0.4, -0.2) is 36.7 Å². The lowest BCUT2D eigenvalue weighted by Gasteiger charge is -2.38. The van der Waals surface area contributed by atoms with Crippen LogP contribution in [0.4, 0.5) is 0 Å². The zero-order valence-corrected chi connectivity index (χ0v) is 13.5. The highest BCUT2D eigenvalue weighted by atomic mass is 35.5. The monoisotopic (exact) mass is 337 g/mol. The Balaban J connectivity index is 1.70. The maximum atomic E-state index is 12.2. The largest absolute Gasteiger partial charge is 0.481 e. The Bertz CT molecular complexity index is 612. The lowest BCUT2D eigenvalue weighted by Crippen LogP contribution is -2.45. The van der Waals surface area contributed by atoms with Crippen molar-refractivity contribution < 1.29 is 19.4 Å². The summed E-state index contributed by atoms with van der Waals surface area (Å²) >= 11 is 6.12. The van der Waals surface area contributed by atoms with Gasteiger partial charge in [0, 0.05) is 30.2 Å². The molecule has 3 rings (SSSR count). The first-order valence-electron chi connectivity index (χ1n) is 7.86. The van der Waals surface area contributed by atoms with Gasteiger partial charge in [-0.3, -0.25) is 9.59 Å². The first-order valence-corrected chi connectivity index (χ1v) is 8.24. The van der Waals surface area contributed by atoms with Gasteiger partial charge in [-0.1, -0.05) is 23.7 Å². The molecule has 1 saturated carbocycles. The summed E-state index contributed by atoms with van der Waals surface area (Å²) in [5, 5.41) is 12.6. The molecule has 2 N–H and O–H groups in total. The molecular weight excluding hydrogens is 318 g/mol. The van der Waals surface area contributed by atoms with E-state index in [-0.39, 0.29) is 17.2 Å². The summed E-state index contributed by atoms with van der Waals surface area (Å²) in [6, 6.07) is 7.72. The van der Waals surface area contributed by atoms with E-state index < -0.39 is 11.9 Å². The van der Waals surface area contributed by atoms with Crippen LogP contribution in [0.3, 0.4) is 0 Å². The van der Waals surface area contributed by atoms with Gasteiger partial charge in [0.25, 0.3) is 0 Å². The molecule has 0 unspecified atom stereocenters. The number of nitrogens with one attached hydrogen (secondary N) is 1. The maximum Gasteiger partial charge on any atom is 0.307 e. The third kappa shape index (κ3) is 3.51. The third-order valence-corrected chi connectivity index (χ3v) is 5.17. The van der Waals surface area contributed by atoms with Crippen LogP contribution in [0.1, 0.15) is 24.8 Å². The van der Waals surface area contributed by atoms with Crippen molar-refractivity contribution in [2.24, 2.45) is 11.8 Å². The second-order valence-corrected chi connectivity index (χ2v) is 6.84. The molecule has 1 aromatic rings. The molecule has 1 amide bonds. The van der Waals surface area contributed by atoms with E-state index in [1.54, 1.807) is 0 Å². The average Bonchev–Trinajstić information content (AvgIpc) is 3.34. The molecule has 1 aromatic carbocycles. The second kappa shape index (κ2) is 6.49. The van der Waals surface area contributed by atoms with Crippen molar-refractivity contribution in [3.8, 4) is 0 Å². The molecule has 124 valence electrons. The highest BCUT2D eigenvalue weighted by Crippen LogP contribution is 2.40. The van der Waals surface area contributed by atoms with Crippen LogP contribution in [0.15, 0.2) is 24.3 Å². The van der Waals surface area contributed by atoms with E-state index in [1.807, 2.05) is 24.3 Å². The van der Waals surface area contributed by atoms with E-state index in [0.717, 1.165) is 18.4 Å². The van der Waals surface area contributed by atoms with Crippen LogP contribution in [0.25, 0.3) is 0 Å². The Morgan fingerprint density at radius 1 is 1.30 bits per heavy atom. The molecule has 1 aliphatic carbocycles. The number of carboxylic acid groups (broad SMARTS) is 1. The van der Waals surface area contributed by atoms with Gasteiger partial charge in [-0.25, -0.2) is 0 Å². The first kappa shape index (κ1) is 16.3. The molecule has 23 heavy (non-hydrogen) atoms. The van der Waals surface area contributed by atoms with Gasteiger partial charge in [0.05, 0.1) is 11.8 Å². The fourth-order valence-corrected chi connectivity index (χ4v) is 3.48. The number of halogens is 1.